The van der Waals surface area contributed by atoms with Gasteiger partial charge in [0.2, 0.25) is 0 Å². The van der Waals surface area contributed by atoms with Crippen LogP contribution in [0.4, 0.5) is 5.82 Å². The number of aryl methyl sites for hydroxylation is 2. The van der Waals surface area contributed by atoms with Crippen molar-refractivity contribution >= 4 is 11.8 Å². The summed E-state index contributed by atoms with van der Waals surface area (Å²) >= 11 is 0. The molecule has 1 aliphatic rings. The van der Waals surface area contributed by atoms with E-state index in [1.54, 1.807) is 12.1 Å². The second-order valence-electron chi connectivity index (χ2n) is 5.27. The number of hydrogen-bond acceptors (Lipinski definition) is 4. The first-order valence-corrected chi connectivity index (χ1v) is 7.13. The van der Waals surface area contributed by atoms with Crippen LogP contribution in [-0.2, 0) is 26.4 Å². The Kier molecular flexibility index (Phi) is 3.60. The topological polar surface area (TPSA) is 80.0 Å². The molecule has 0 saturated carbocycles. The molecule has 2 heterocycles. The lowest BCUT2D eigenvalue weighted by Crippen LogP contribution is -2.10. The van der Waals surface area contributed by atoms with Crippen LogP contribution in [0.3, 0.4) is 0 Å². The molecule has 0 radical (unpaired) electrons. The van der Waals surface area contributed by atoms with Gasteiger partial charge in [-0.2, -0.15) is 5.10 Å². The number of hydrogen-bond donors (Lipinski definition) is 2. The standard InChI is InChI=1S/C15H18N4O2/c1-19-13(10-5-2-3-6-11(10)18-19)9-16-14-8-4-7-12(17-14)15(20)21/h4,7-8H,2-3,5-6,9H2,1H3,(H,16,17)(H,20,21). The molecule has 3 rings (SSSR count). The minimum atomic E-state index is -1.02. The summed E-state index contributed by atoms with van der Waals surface area (Å²) in [6.07, 6.45) is 4.54. The number of carboxylic acid groups (broad SMARTS) is 1. The summed E-state index contributed by atoms with van der Waals surface area (Å²) in [5, 5.41) is 16.7. The Bertz CT molecular complexity index is 678. The van der Waals surface area contributed by atoms with E-state index in [1.807, 2.05) is 11.7 Å². The summed E-state index contributed by atoms with van der Waals surface area (Å²) in [7, 11) is 1.95. The normalized spacial score (nSPS) is 13.8. The molecule has 0 spiro atoms. The van der Waals surface area contributed by atoms with E-state index in [0.29, 0.717) is 12.4 Å². The van der Waals surface area contributed by atoms with Crippen molar-refractivity contribution in [3.8, 4) is 0 Å². The number of pyridine rings is 1. The predicted octanol–water partition coefficient (Wildman–Crippen LogP) is 2.00. The molecular weight excluding hydrogens is 268 g/mol. The lowest BCUT2D eigenvalue weighted by atomic mass is 9.96. The van der Waals surface area contributed by atoms with Gasteiger partial charge in [-0.1, -0.05) is 6.07 Å². The minimum absolute atomic E-state index is 0.0482. The molecule has 0 aromatic carbocycles. The van der Waals surface area contributed by atoms with E-state index in [4.69, 9.17) is 5.11 Å². The van der Waals surface area contributed by atoms with Gasteiger partial charge in [-0.25, -0.2) is 9.78 Å². The zero-order valence-electron chi connectivity index (χ0n) is 12.0. The third-order valence-electron chi connectivity index (χ3n) is 3.85. The van der Waals surface area contributed by atoms with Gasteiger partial charge in [0.05, 0.1) is 17.9 Å². The van der Waals surface area contributed by atoms with Crippen molar-refractivity contribution in [3.63, 3.8) is 0 Å². The maximum absolute atomic E-state index is 10.9. The highest BCUT2D eigenvalue weighted by atomic mass is 16.4. The van der Waals surface area contributed by atoms with Crippen molar-refractivity contribution in [2.24, 2.45) is 7.05 Å². The van der Waals surface area contributed by atoms with Gasteiger partial charge in [0.15, 0.2) is 5.69 Å². The van der Waals surface area contributed by atoms with Gasteiger partial charge in [-0.15, -0.1) is 0 Å². The number of rotatable bonds is 4. The Morgan fingerprint density at radius 3 is 3.00 bits per heavy atom. The average molecular weight is 286 g/mol. The van der Waals surface area contributed by atoms with Crippen molar-refractivity contribution in [2.45, 2.75) is 32.2 Å². The van der Waals surface area contributed by atoms with Crippen molar-refractivity contribution in [1.82, 2.24) is 14.8 Å². The van der Waals surface area contributed by atoms with Crippen LogP contribution in [-0.4, -0.2) is 25.8 Å². The van der Waals surface area contributed by atoms with Crippen LogP contribution in [0, 0.1) is 0 Å². The molecular formula is C15H18N4O2. The molecule has 2 aromatic heterocycles. The van der Waals surface area contributed by atoms with Crippen LogP contribution in [0.5, 0.6) is 0 Å². The van der Waals surface area contributed by atoms with Gasteiger partial charge in [0, 0.05) is 7.05 Å². The van der Waals surface area contributed by atoms with E-state index in [0.717, 1.165) is 18.5 Å². The van der Waals surface area contributed by atoms with Gasteiger partial charge in [0.25, 0.3) is 0 Å². The van der Waals surface area contributed by atoms with Gasteiger partial charge >= 0.3 is 5.97 Å². The predicted molar refractivity (Wildman–Crippen MR) is 78.4 cm³/mol. The Labute approximate surface area is 122 Å². The highest BCUT2D eigenvalue weighted by Gasteiger charge is 2.18. The van der Waals surface area contributed by atoms with Crippen LogP contribution in [0.15, 0.2) is 18.2 Å². The number of carboxylic acids is 1. The van der Waals surface area contributed by atoms with Crippen LogP contribution in [0.1, 0.15) is 40.3 Å². The zero-order valence-corrected chi connectivity index (χ0v) is 12.0. The average Bonchev–Trinajstić information content (AvgIpc) is 2.81. The monoisotopic (exact) mass is 286 g/mol. The van der Waals surface area contributed by atoms with Crippen molar-refractivity contribution < 1.29 is 9.90 Å². The lowest BCUT2D eigenvalue weighted by Gasteiger charge is -2.12. The first-order valence-electron chi connectivity index (χ1n) is 7.13. The molecule has 6 heteroatoms. The fraction of sp³-hybridized carbons (Fsp3) is 0.400. The van der Waals surface area contributed by atoms with E-state index < -0.39 is 5.97 Å². The first kappa shape index (κ1) is 13.6. The Morgan fingerprint density at radius 1 is 1.38 bits per heavy atom. The van der Waals surface area contributed by atoms with E-state index in [9.17, 15) is 4.79 Å². The summed E-state index contributed by atoms with van der Waals surface area (Å²) in [6, 6.07) is 4.95. The lowest BCUT2D eigenvalue weighted by molar-refractivity contribution is 0.0690. The fourth-order valence-corrected chi connectivity index (χ4v) is 2.79. The van der Waals surface area contributed by atoms with Crippen LogP contribution in [0.25, 0.3) is 0 Å². The molecule has 0 saturated heterocycles. The summed E-state index contributed by atoms with van der Waals surface area (Å²) in [5.41, 5.74) is 3.75. The van der Waals surface area contributed by atoms with Crippen LogP contribution in [0.2, 0.25) is 0 Å². The molecule has 0 aliphatic heterocycles. The Morgan fingerprint density at radius 2 is 2.19 bits per heavy atom. The molecule has 21 heavy (non-hydrogen) atoms. The molecule has 2 aromatic rings. The Hall–Kier alpha value is -2.37. The number of aromatic nitrogens is 3. The highest BCUT2D eigenvalue weighted by molar-refractivity contribution is 5.85. The van der Waals surface area contributed by atoms with Gasteiger partial charge < -0.3 is 10.4 Å². The van der Waals surface area contributed by atoms with Crippen molar-refractivity contribution in [1.29, 1.82) is 0 Å². The maximum Gasteiger partial charge on any atom is 0.354 e. The molecule has 110 valence electrons. The zero-order chi connectivity index (χ0) is 14.8. The number of carbonyl (C=O) groups is 1. The fourth-order valence-electron chi connectivity index (χ4n) is 2.79. The number of aromatic carboxylic acids is 1. The number of nitrogens with one attached hydrogen (secondary N) is 1. The summed E-state index contributed by atoms with van der Waals surface area (Å²) in [6.45, 7) is 0.606. The quantitative estimate of drug-likeness (QED) is 0.898. The number of nitrogens with zero attached hydrogens (tertiary/aromatic N) is 3. The third-order valence-corrected chi connectivity index (χ3v) is 3.85. The largest absolute Gasteiger partial charge is 0.477 e. The van der Waals surface area contributed by atoms with Gasteiger partial charge in [0.1, 0.15) is 5.82 Å². The van der Waals surface area contributed by atoms with E-state index >= 15 is 0 Å². The summed E-state index contributed by atoms with van der Waals surface area (Å²) < 4.78 is 1.92. The van der Waals surface area contributed by atoms with Gasteiger partial charge in [-0.05, 0) is 43.4 Å². The molecule has 6 nitrogen and oxygen atoms in total. The van der Waals surface area contributed by atoms with E-state index in [-0.39, 0.29) is 5.69 Å². The van der Waals surface area contributed by atoms with Crippen LogP contribution < -0.4 is 5.32 Å². The van der Waals surface area contributed by atoms with E-state index in [2.05, 4.69) is 15.4 Å². The molecule has 0 atom stereocenters. The SMILES string of the molecule is Cn1nc2c(c1CNc1cccc(C(=O)O)n1)CCCC2. The smallest absolute Gasteiger partial charge is 0.354 e. The third kappa shape index (κ3) is 2.74. The summed E-state index contributed by atoms with van der Waals surface area (Å²) in [5.74, 6) is -0.447. The minimum Gasteiger partial charge on any atom is -0.477 e. The first-order chi connectivity index (χ1) is 10.1. The molecule has 0 fully saturated rings. The number of fused-ring (bicyclic) bond motifs is 1. The van der Waals surface area contributed by atoms with Crippen molar-refractivity contribution in [2.75, 3.05) is 5.32 Å². The van der Waals surface area contributed by atoms with Gasteiger partial charge in [-0.3, -0.25) is 4.68 Å². The number of anilines is 1. The molecule has 0 unspecified atom stereocenters. The maximum atomic E-state index is 10.9. The molecule has 0 bridgehead atoms. The highest BCUT2D eigenvalue weighted by Crippen LogP contribution is 2.24. The molecule has 2 N–H and O–H groups in total. The van der Waals surface area contributed by atoms with Crippen LogP contribution >= 0.6 is 0 Å². The Balaban J connectivity index is 1.77. The molecule has 1 aliphatic carbocycles. The second kappa shape index (κ2) is 5.55. The molecule has 0 amide bonds. The van der Waals surface area contributed by atoms with E-state index in [1.165, 1.54) is 30.2 Å². The second-order valence-corrected chi connectivity index (χ2v) is 5.27. The summed E-state index contributed by atoms with van der Waals surface area (Å²) in [4.78, 5) is 15.0. The van der Waals surface area contributed by atoms with Crippen molar-refractivity contribution in [3.05, 3.63) is 40.8 Å².